The summed E-state index contributed by atoms with van der Waals surface area (Å²) in [6, 6.07) is 13.5. The Morgan fingerprint density at radius 1 is 0.958 bits per heavy atom. The molecule has 0 saturated heterocycles. The molecule has 0 atom stereocenters. The van der Waals surface area contributed by atoms with Crippen LogP contribution in [0.3, 0.4) is 0 Å². The normalized spacial score (nSPS) is 10.2. The number of ether oxygens (including phenoxy) is 1. The van der Waals surface area contributed by atoms with Crippen LogP contribution >= 0.6 is 0 Å². The molecule has 0 aliphatic carbocycles. The van der Waals surface area contributed by atoms with Crippen molar-refractivity contribution in [2.24, 2.45) is 0 Å². The average molecular weight is 327 g/mol. The van der Waals surface area contributed by atoms with Crippen molar-refractivity contribution in [3.63, 3.8) is 0 Å². The van der Waals surface area contributed by atoms with Gasteiger partial charge in [0.25, 0.3) is 5.91 Å². The summed E-state index contributed by atoms with van der Waals surface area (Å²) >= 11 is 0. The second-order valence-corrected chi connectivity index (χ2v) is 5.48. The van der Waals surface area contributed by atoms with Gasteiger partial charge in [-0.25, -0.2) is 4.79 Å². The van der Waals surface area contributed by atoms with Crippen LogP contribution in [-0.2, 0) is 0 Å². The van der Waals surface area contributed by atoms with E-state index in [2.05, 4.69) is 16.0 Å². The maximum atomic E-state index is 12.1. The van der Waals surface area contributed by atoms with Crippen LogP contribution in [0.2, 0.25) is 0 Å². The van der Waals surface area contributed by atoms with Crippen molar-refractivity contribution in [3.8, 4) is 5.75 Å². The molecule has 0 unspecified atom stereocenters. The van der Waals surface area contributed by atoms with Crippen molar-refractivity contribution in [2.75, 3.05) is 17.7 Å². The zero-order chi connectivity index (χ0) is 17.5. The van der Waals surface area contributed by atoms with E-state index in [0.29, 0.717) is 22.7 Å². The molecule has 0 bridgehead atoms. The number of methoxy groups -OCH3 is 1. The molecule has 0 aromatic heterocycles. The molecule has 0 fully saturated rings. The first-order valence-corrected chi connectivity index (χ1v) is 7.61. The van der Waals surface area contributed by atoms with Crippen molar-refractivity contribution in [2.45, 2.75) is 19.9 Å². The Balaban J connectivity index is 1.98. The number of hydrogen-bond acceptors (Lipinski definition) is 3. The minimum atomic E-state index is -0.390. The number of carbonyl (C=O) groups excluding carboxylic acids is 2. The number of anilines is 2. The van der Waals surface area contributed by atoms with Gasteiger partial charge in [0.15, 0.2) is 0 Å². The molecular weight excluding hydrogens is 306 g/mol. The Morgan fingerprint density at radius 2 is 1.62 bits per heavy atom. The van der Waals surface area contributed by atoms with E-state index in [-0.39, 0.29) is 18.0 Å². The highest BCUT2D eigenvalue weighted by Gasteiger charge is 2.09. The minimum absolute atomic E-state index is 0.0712. The Morgan fingerprint density at radius 3 is 2.25 bits per heavy atom. The van der Waals surface area contributed by atoms with Crippen LogP contribution in [0.1, 0.15) is 24.2 Å². The number of benzene rings is 2. The molecular formula is C18H21N3O3. The molecule has 24 heavy (non-hydrogen) atoms. The standard InChI is InChI=1S/C18H21N3O3/c1-12(2)19-17(22)13-8-10-14(11-9-13)20-18(23)21-15-6-4-5-7-16(15)24-3/h4-12H,1-3H3,(H,19,22)(H2,20,21,23). The van der Waals surface area contributed by atoms with E-state index < -0.39 is 0 Å². The van der Waals surface area contributed by atoms with Crippen LogP contribution < -0.4 is 20.7 Å². The van der Waals surface area contributed by atoms with Gasteiger partial charge in [-0.15, -0.1) is 0 Å². The van der Waals surface area contributed by atoms with Gasteiger partial charge < -0.3 is 20.7 Å². The topological polar surface area (TPSA) is 79.5 Å². The maximum absolute atomic E-state index is 12.1. The smallest absolute Gasteiger partial charge is 0.323 e. The predicted molar refractivity (Wildman–Crippen MR) is 94.7 cm³/mol. The van der Waals surface area contributed by atoms with E-state index in [1.807, 2.05) is 19.9 Å². The monoisotopic (exact) mass is 327 g/mol. The third-order valence-corrected chi connectivity index (χ3v) is 3.18. The van der Waals surface area contributed by atoms with E-state index in [0.717, 1.165) is 0 Å². The second kappa shape index (κ2) is 8.01. The molecule has 126 valence electrons. The van der Waals surface area contributed by atoms with Gasteiger partial charge in [-0.2, -0.15) is 0 Å². The Bertz CT molecular complexity index is 712. The number of hydrogen-bond donors (Lipinski definition) is 3. The molecule has 3 N–H and O–H groups in total. The second-order valence-electron chi connectivity index (χ2n) is 5.48. The number of urea groups is 1. The lowest BCUT2D eigenvalue weighted by Crippen LogP contribution is -2.30. The Kier molecular flexibility index (Phi) is 5.78. The van der Waals surface area contributed by atoms with Crippen LogP contribution in [0.15, 0.2) is 48.5 Å². The zero-order valence-corrected chi connectivity index (χ0v) is 13.9. The molecule has 0 heterocycles. The molecule has 2 aromatic rings. The molecule has 2 aromatic carbocycles. The summed E-state index contributed by atoms with van der Waals surface area (Å²) in [5.41, 5.74) is 1.70. The Hall–Kier alpha value is -3.02. The number of carbonyl (C=O) groups is 2. The van der Waals surface area contributed by atoms with Crippen molar-refractivity contribution < 1.29 is 14.3 Å². The fourth-order valence-corrected chi connectivity index (χ4v) is 2.08. The Labute approximate surface area is 141 Å². The van der Waals surface area contributed by atoms with Crippen LogP contribution in [0, 0.1) is 0 Å². The average Bonchev–Trinajstić information content (AvgIpc) is 2.55. The molecule has 0 aliphatic heterocycles. The van der Waals surface area contributed by atoms with Gasteiger partial charge in [-0.1, -0.05) is 12.1 Å². The highest BCUT2D eigenvalue weighted by Crippen LogP contribution is 2.23. The zero-order valence-electron chi connectivity index (χ0n) is 13.9. The summed E-state index contributed by atoms with van der Waals surface area (Å²) in [7, 11) is 1.54. The van der Waals surface area contributed by atoms with Gasteiger partial charge in [0, 0.05) is 17.3 Å². The maximum Gasteiger partial charge on any atom is 0.323 e. The van der Waals surface area contributed by atoms with Gasteiger partial charge in [0.05, 0.1) is 12.8 Å². The summed E-state index contributed by atoms with van der Waals surface area (Å²) in [5, 5.41) is 8.24. The van der Waals surface area contributed by atoms with E-state index in [9.17, 15) is 9.59 Å². The molecule has 0 aliphatic rings. The number of amides is 3. The highest BCUT2D eigenvalue weighted by atomic mass is 16.5. The van der Waals surface area contributed by atoms with E-state index in [4.69, 9.17) is 4.74 Å². The lowest BCUT2D eigenvalue weighted by Gasteiger charge is -2.11. The summed E-state index contributed by atoms with van der Waals surface area (Å²) in [6.45, 7) is 3.80. The minimum Gasteiger partial charge on any atom is -0.495 e. The van der Waals surface area contributed by atoms with Crippen LogP contribution in [0.25, 0.3) is 0 Å². The fourth-order valence-electron chi connectivity index (χ4n) is 2.08. The van der Waals surface area contributed by atoms with E-state index in [1.54, 1.807) is 49.6 Å². The summed E-state index contributed by atoms with van der Waals surface area (Å²) in [6.07, 6.45) is 0. The first-order chi connectivity index (χ1) is 11.5. The molecule has 3 amide bonds. The van der Waals surface area contributed by atoms with Crippen molar-refractivity contribution in [1.29, 1.82) is 0 Å². The largest absolute Gasteiger partial charge is 0.495 e. The van der Waals surface area contributed by atoms with Crippen LogP contribution in [0.5, 0.6) is 5.75 Å². The van der Waals surface area contributed by atoms with Gasteiger partial charge in [0.2, 0.25) is 0 Å². The first kappa shape index (κ1) is 17.3. The van der Waals surface area contributed by atoms with E-state index in [1.165, 1.54) is 0 Å². The lowest BCUT2D eigenvalue weighted by atomic mass is 10.2. The summed E-state index contributed by atoms with van der Waals surface area (Å²) in [5.74, 6) is 0.434. The summed E-state index contributed by atoms with van der Waals surface area (Å²) < 4.78 is 5.18. The van der Waals surface area contributed by atoms with Gasteiger partial charge in [-0.05, 0) is 50.2 Å². The highest BCUT2D eigenvalue weighted by molar-refractivity contribution is 6.01. The van der Waals surface area contributed by atoms with Gasteiger partial charge >= 0.3 is 6.03 Å². The van der Waals surface area contributed by atoms with Crippen LogP contribution in [0.4, 0.5) is 16.2 Å². The van der Waals surface area contributed by atoms with Crippen molar-refractivity contribution in [1.82, 2.24) is 5.32 Å². The molecule has 6 nitrogen and oxygen atoms in total. The molecule has 0 saturated carbocycles. The van der Waals surface area contributed by atoms with Gasteiger partial charge in [-0.3, -0.25) is 4.79 Å². The SMILES string of the molecule is COc1ccccc1NC(=O)Nc1ccc(C(=O)NC(C)C)cc1. The third-order valence-electron chi connectivity index (χ3n) is 3.18. The molecule has 0 radical (unpaired) electrons. The van der Waals surface area contributed by atoms with E-state index >= 15 is 0 Å². The van der Waals surface area contributed by atoms with Crippen molar-refractivity contribution >= 4 is 23.3 Å². The van der Waals surface area contributed by atoms with Gasteiger partial charge in [0.1, 0.15) is 5.75 Å². The molecule has 6 heteroatoms. The number of rotatable bonds is 5. The fraction of sp³-hybridized carbons (Fsp3) is 0.222. The quantitative estimate of drug-likeness (QED) is 0.786. The molecule has 0 spiro atoms. The summed E-state index contributed by atoms with van der Waals surface area (Å²) in [4.78, 5) is 23.9. The molecule has 2 rings (SSSR count). The predicted octanol–water partition coefficient (Wildman–Crippen LogP) is 3.48. The third kappa shape index (κ3) is 4.74. The number of para-hydroxylation sites is 2. The van der Waals surface area contributed by atoms with Crippen molar-refractivity contribution in [3.05, 3.63) is 54.1 Å². The lowest BCUT2D eigenvalue weighted by molar-refractivity contribution is 0.0943. The number of nitrogens with one attached hydrogen (secondary N) is 3. The van der Waals surface area contributed by atoms with Crippen LogP contribution in [-0.4, -0.2) is 25.1 Å². The first-order valence-electron chi connectivity index (χ1n) is 7.61.